The zero-order valence-electron chi connectivity index (χ0n) is 11.2. The molecular weight excluding hydrogens is 264 g/mol. The van der Waals surface area contributed by atoms with Crippen molar-refractivity contribution >= 4 is 17.9 Å². The molecule has 7 heteroatoms. The second-order valence-electron chi connectivity index (χ2n) is 4.00. The van der Waals surface area contributed by atoms with Crippen LogP contribution in [0.3, 0.4) is 0 Å². The number of hydrogen-bond acceptors (Lipinski definition) is 4. The fourth-order valence-electron chi connectivity index (χ4n) is 1.44. The minimum Gasteiger partial charge on any atom is -0.483 e. The Morgan fingerprint density at radius 3 is 2.60 bits per heavy atom. The van der Waals surface area contributed by atoms with Crippen LogP contribution in [0.25, 0.3) is 0 Å². The van der Waals surface area contributed by atoms with Gasteiger partial charge in [0.15, 0.2) is 6.61 Å². The molecule has 0 saturated carbocycles. The number of carbonyl (C=O) groups is 3. The van der Waals surface area contributed by atoms with Gasteiger partial charge in [-0.25, -0.2) is 9.59 Å². The van der Waals surface area contributed by atoms with Crippen LogP contribution in [0.4, 0.5) is 4.79 Å². The number of carbonyl (C=O) groups excluding carboxylic acids is 2. The Bertz CT molecular complexity index is 527. The number of carboxylic acids is 1. The van der Waals surface area contributed by atoms with E-state index in [0.29, 0.717) is 6.54 Å². The number of aryl methyl sites for hydroxylation is 1. The first-order valence-corrected chi connectivity index (χ1v) is 5.98. The Morgan fingerprint density at radius 1 is 1.30 bits per heavy atom. The lowest BCUT2D eigenvalue weighted by Gasteiger charge is -2.10. The summed E-state index contributed by atoms with van der Waals surface area (Å²) in [5.74, 6) is -1.72. The molecule has 0 spiro atoms. The lowest BCUT2D eigenvalue weighted by atomic mass is 10.1. The van der Waals surface area contributed by atoms with Crippen LogP contribution >= 0.6 is 0 Å². The average Bonchev–Trinajstić information content (AvgIpc) is 2.36. The molecule has 0 radical (unpaired) electrons. The van der Waals surface area contributed by atoms with Crippen molar-refractivity contribution in [2.24, 2.45) is 0 Å². The molecule has 0 bridgehead atoms. The van der Waals surface area contributed by atoms with Crippen LogP contribution in [0.2, 0.25) is 0 Å². The number of carboxylic acid groups (broad SMARTS) is 1. The van der Waals surface area contributed by atoms with Crippen LogP contribution in [-0.4, -0.2) is 36.2 Å². The van der Waals surface area contributed by atoms with E-state index in [4.69, 9.17) is 9.84 Å². The summed E-state index contributed by atoms with van der Waals surface area (Å²) >= 11 is 0. The van der Waals surface area contributed by atoms with Gasteiger partial charge in [0.25, 0.3) is 5.91 Å². The summed E-state index contributed by atoms with van der Waals surface area (Å²) in [4.78, 5) is 33.5. The van der Waals surface area contributed by atoms with E-state index < -0.39 is 24.5 Å². The quantitative estimate of drug-likeness (QED) is 0.743. The van der Waals surface area contributed by atoms with Crippen LogP contribution in [0.5, 0.6) is 5.75 Å². The standard InChI is InChI=1S/C13H16N2O5/c1-3-14-13(19)15-11(16)7-20-10-6-8(2)4-5-9(10)12(17)18/h4-6H,3,7H2,1-2H3,(H,17,18)(H2,14,15,16,19). The number of rotatable bonds is 5. The number of hydrogen-bond donors (Lipinski definition) is 3. The molecule has 20 heavy (non-hydrogen) atoms. The van der Waals surface area contributed by atoms with Crippen molar-refractivity contribution in [1.29, 1.82) is 0 Å². The minimum atomic E-state index is -1.15. The Kier molecular flexibility index (Phi) is 5.52. The summed E-state index contributed by atoms with van der Waals surface area (Å²) in [6.45, 7) is 3.43. The third-order valence-corrected chi connectivity index (χ3v) is 2.32. The predicted molar refractivity (Wildman–Crippen MR) is 70.8 cm³/mol. The highest BCUT2D eigenvalue weighted by Gasteiger charge is 2.13. The molecule has 0 aliphatic rings. The Balaban J connectivity index is 2.65. The van der Waals surface area contributed by atoms with E-state index in [1.54, 1.807) is 19.9 Å². The highest BCUT2D eigenvalue weighted by Crippen LogP contribution is 2.20. The second-order valence-corrected chi connectivity index (χ2v) is 4.00. The smallest absolute Gasteiger partial charge is 0.339 e. The number of benzene rings is 1. The van der Waals surface area contributed by atoms with E-state index in [9.17, 15) is 14.4 Å². The van der Waals surface area contributed by atoms with Gasteiger partial charge in [0.1, 0.15) is 11.3 Å². The molecule has 0 atom stereocenters. The van der Waals surface area contributed by atoms with Gasteiger partial charge in [-0.15, -0.1) is 0 Å². The molecule has 0 fully saturated rings. The zero-order valence-corrected chi connectivity index (χ0v) is 11.2. The highest BCUT2D eigenvalue weighted by atomic mass is 16.5. The molecule has 0 aliphatic carbocycles. The van der Waals surface area contributed by atoms with Gasteiger partial charge in [0.2, 0.25) is 0 Å². The van der Waals surface area contributed by atoms with E-state index in [1.807, 2.05) is 0 Å². The zero-order chi connectivity index (χ0) is 15.1. The SMILES string of the molecule is CCNC(=O)NC(=O)COc1cc(C)ccc1C(=O)O. The molecule has 0 heterocycles. The average molecular weight is 280 g/mol. The molecule has 0 unspecified atom stereocenters. The van der Waals surface area contributed by atoms with Crippen molar-refractivity contribution in [1.82, 2.24) is 10.6 Å². The van der Waals surface area contributed by atoms with Gasteiger partial charge in [0.05, 0.1) is 0 Å². The van der Waals surface area contributed by atoms with Crippen molar-refractivity contribution in [2.75, 3.05) is 13.2 Å². The lowest BCUT2D eigenvalue weighted by Crippen LogP contribution is -2.41. The Labute approximate surface area is 115 Å². The third-order valence-electron chi connectivity index (χ3n) is 2.32. The van der Waals surface area contributed by atoms with Crippen molar-refractivity contribution < 1.29 is 24.2 Å². The summed E-state index contributed by atoms with van der Waals surface area (Å²) in [5.41, 5.74) is 0.760. The third kappa shape index (κ3) is 4.60. The van der Waals surface area contributed by atoms with E-state index in [1.165, 1.54) is 12.1 Å². The largest absolute Gasteiger partial charge is 0.483 e. The van der Waals surface area contributed by atoms with Crippen LogP contribution < -0.4 is 15.4 Å². The maximum absolute atomic E-state index is 11.4. The summed E-state index contributed by atoms with van der Waals surface area (Å²) in [5, 5.41) is 13.4. The highest BCUT2D eigenvalue weighted by molar-refractivity contribution is 5.95. The van der Waals surface area contributed by atoms with Crippen LogP contribution in [-0.2, 0) is 4.79 Å². The molecule has 1 aromatic carbocycles. The van der Waals surface area contributed by atoms with Crippen molar-refractivity contribution in [3.05, 3.63) is 29.3 Å². The molecule has 1 aromatic rings. The number of urea groups is 1. The normalized spacial score (nSPS) is 9.70. The summed E-state index contributed by atoms with van der Waals surface area (Å²) in [6, 6.07) is 3.92. The van der Waals surface area contributed by atoms with Gasteiger partial charge in [-0.3, -0.25) is 10.1 Å². The van der Waals surface area contributed by atoms with Gasteiger partial charge in [0, 0.05) is 6.54 Å². The Hall–Kier alpha value is -2.57. The topological polar surface area (TPSA) is 105 Å². The summed E-state index contributed by atoms with van der Waals surface area (Å²) < 4.78 is 5.15. The number of aromatic carboxylic acids is 1. The van der Waals surface area contributed by atoms with Gasteiger partial charge in [-0.05, 0) is 31.5 Å². The molecule has 7 nitrogen and oxygen atoms in total. The van der Waals surface area contributed by atoms with E-state index in [2.05, 4.69) is 10.6 Å². The molecule has 0 aliphatic heterocycles. The van der Waals surface area contributed by atoms with E-state index in [-0.39, 0.29) is 11.3 Å². The first kappa shape index (κ1) is 15.5. The van der Waals surface area contributed by atoms with Gasteiger partial charge < -0.3 is 15.2 Å². The maximum Gasteiger partial charge on any atom is 0.339 e. The summed E-state index contributed by atoms with van der Waals surface area (Å²) in [6.07, 6.45) is 0. The van der Waals surface area contributed by atoms with Gasteiger partial charge in [-0.2, -0.15) is 0 Å². The molecule has 3 N–H and O–H groups in total. The van der Waals surface area contributed by atoms with Crippen LogP contribution in [0, 0.1) is 6.92 Å². The summed E-state index contributed by atoms with van der Waals surface area (Å²) in [7, 11) is 0. The molecule has 3 amide bonds. The van der Waals surface area contributed by atoms with Crippen molar-refractivity contribution in [3.8, 4) is 5.75 Å². The fraction of sp³-hybridized carbons (Fsp3) is 0.308. The number of imide groups is 1. The Morgan fingerprint density at radius 2 is 2.00 bits per heavy atom. The van der Waals surface area contributed by atoms with E-state index >= 15 is 0 Å². The first-order chi connectivity index (χ1) is 9.43. The fourth-order valence-corrected chi connectivity index (χ4v) is 1.44. The number of amides is 3. The van der Waals surface area contributed by atoms with Crippen LogP contribution in [0.15, 0.2) is 18.2 Å². The van der Waals surface area contributed by atoms with Crippen LogP contribution in [0.1, 0.15) is 22.8 Å². The molecule has 0 saturated heterocycles. The van der Waals surface area contributed by atoms with E-state index in [0.717, 1.165) is 5.56 Å². The van der Waals surface area contributed by atoms with Crippen molar-refractivity contribution in [2.45, 2.75) is 13.8 Å². The monoisotopic (exact) mass is 280 g/mol. The second kappa shape index (κ2) is 7.13. The number of ether oxygens (including phenoxy) is 1. The lowest BCUT2D eigenvalue weighted by molar-refractivity contribution is -0.122. The maximum atomic E-state index is 11.4. The molecule has 1 rings (SSSR count). The minimum absolute atomic E-state index is 0.0404. The predicted octanol–water partition coefficient (Wildman–Crippen LogP) is 0.918. The first-order valence-electron chi connectivity index (χ1n) is 5.98. The van der Waals surface area contributed by atoms with Crippen molar-refractivity contribution in [3.63, 3.8) is 0 Å². The molecule has 0 aromatic heterocycles. The molecular formula is C13H16N2O5. The van der Waals surface area contributed by atoms with Gasteiger partial charge in [-0.1, -0.05) is 6.07 Å². The number of nitrogens with one attached hydrogen (secondary N) is 2. The molecule has 108 valence electrons. The van der Waals surface area contributed by atoms with Gasteiger partial charge >= 0.3 is 12.0 Å².